The van der Waals surface area contributed by atoms with Crippen LogP contribution in [0.1, 0.15) is 17.3 Å². The maximum absolute atomic E-state index is 13.0. The molecular weight excluding hydrogens is 515 g/mol. The van der Waals surface area contributed by atoms with Crippen molar-refractivity contribution >= 4 is 26.8 Å². The average Bonchev–Trinajstić information content (AvgIpc) is 3.08. The van der Waals surface area contributed by atoms with Gasteiger partial charge in [-0.05, 0) is 25.1 Å². The van der Waals surface area contributed by atoms with Gasteiger partial charge in [0.25, 0.3) is 5.91 Å². The number of carbonyl (C=O) groups excluding carboxylic acids is 1. The molecule has 0 aliphatic carbocycles. The molecule has 1 amide bonds. The molecule has 3 heterocycles. The predicted octanol–water partition coefficient (Wildman–Crippen LogP) is 2.54. The number of amides is 1. The Balaban J connectivity index is 1.75. The van der Waals surface area contributed by atoms with Crippen molar-refractivity contribution in [1.29, 1.82) is 0 Å². The summed E-state index contributed by atoms with van der Waals surface area (Å²) >= 11 is 0. The van der Waals surface area contributed by atoms with Gasteiger partial charge < -0.3 is 15.2 Å². The smallest absolute Gasteiger partial charge is 0.416 e. The van der Waals surface area contributed by atoms with Crippen molar-refractivity contribution in [3.63, 3.8) is 0 Å². The van der Waals surface area contributed by atoms with Crippen molar-refractivity contribution in [3.05, 3.63) is 42.1 Å². The fraction of sp³-hybridized carbons (Fsp3) is 0.381. The van der Waals surface area contributed by atoms with Crippen LogP contribution in [0.3, 0.4) is 0 Å². The first-order valence-electron chi connectivity index (χ1n) is 10.4. The van der Waals surface area contributed by atoms with Crippen LogP contribution in [0.4, 0.5) is 22.0 Å². The molecule has 1 atom stereocenters. The second-order valence-electron chi connectivity index (χ2n) is 8.63. The van der Waals surface area contributed by atoms with Crippen LogP contribution in [0, 0.1) is 0 Å². The van der Waals surface area contributed by atoms with Gasteiger partial charge in [-0.15, -0.1) is 0 Å². The highest BCUT2D eigenvalue weighted by atomic mass is 32.2. The van der Waals surface area contributed by atoms with Gasteiger partial charge in [0.2, 0.25) is 0 Å². The number of hydrogen-bond donors (Lipinski definition) is 2. The first kappa shape index (κ1) is 25.8. The van der Waals surface area contributed by atoms with E-state index in [2.05, 4.69) is 20.1 Å². The third-order valence-corrected chi connectivity index (χ3v) is 7.56. The topological polar surface area (TPSA) is 123 Å². The molecule has 15 heteroatoms. The highest BCUT2D eigenvalue weighted by molar-refractivity contribution is 7.93. The number of aromatic nitrogens is 3. The lowest BCUT2D eigenvalue weighted by atomic mass is 10.1. The minimum atomic E-state index is -4.96. The van der Waals surface area contributed by atoms with Gasteiger partial charge in [-0.1, -0.05) is 12.1 Å². The third-order valence-electron chi connectivity index (χ3n) is 5.40. The SMILES string of the molecule is CC1(NC(=O)c2cnc3c(-c4cccc(OC(F)F)c4)nn(CC(O)C(F)(F)F)c3c2)CS(=O)(=O)C1. The molecule has 1 aliphatic rings. The molecule has 1 fully saturated rings. The Morgan fingerprint density at radius 3 is 2.58 bits per heavy atom. The number of carbonyl (C=O) groups is 1. The lowest BCUT2D eigenvalue weighted by molar-refractivity contribution is -0.207. The molecule has 0 bridgehead atoms. The Bertz CT molecular complexity index is 1410. The number of hydrogen-bond acceptors (Lipinski definition) is 7. The zero-order chi connectivity index (χ0) is 26.5. The molecular formula is C21H19F5N4O5S. The van der Waals surface area contributed by atoms with Crippen molar-refractivity contribution < 1.29 is 45.0 Å². The number of sulfone groups is 1. The monoisotopic (exact) mass is 534 g/mol. The number of nitrogens with zero attached hydrogens (tertiary/aromatic N) is 3. The lowest BCUT2D eigenvalue weighted by Crippen LogP contribution is -2.63. The van der Waals surface area contributed by atoms with E-state index in [1.807, 2.05) is 0 Å². The maximum atomic E-state index is 13.0. The van der Waals surface area contributed by atoms with Crippen molar-refractivity contribution in [2.24, 2.45) is 0 Å². The van der Waals surface area contributed by atoms with E-state index in [-0.39, 0.29) is 45.1 Å². The standard InChI is InChI=1S/C21H19F5N4O5S/c1-20(9-36(33,34)10-20)28-18(32)12-6-14-17(27-7-12)16(29-30(14)8-15(31)21(24,25)26)11-3-2-4-13(5-11)35-19(22)23/h2-7,15,19,31H,8-10H2,1H3,(H,28,32). The van der Waals surface area contributed by atoms with Gasteiger partial charge >= 0.3 is 12.8 Å². The van der Waals surface area contributed by atoms with E-state index in [1.54, 1.807) is 0 Å². The molecule has 1 saturated heterocycles. The summed E-state index contributed by atoms with van der Waals surface area (Å²) in [5.74, 6) is -1.46. The van der Waals surface area contributed by atoms with E-state index in [9.17, 15) is 40.3 Å². The Kier molecular flexibility index (Phi) is 6.41. The molecule has 36 heavy (non-hydrogen) atoms. The molecule has 0 radical (unpaired) electrons. The number of pyridine rings is 1. The number of halogens is 5. The maximum Gasteiger partial charge on any atom is 0.416 e. The van der Waals surface area contributed by atoms with E-state index in [1.165, 1.54) is 37.3 Å². The molecule has 1 aliphatic heterocycles. The predicted molar refractivity (Wildman–Crippen MR) is 116 cm³/mol. The largest absolute Gasteiger partial charge is 0.435 e. The normalized spacial score (nSPS) is 17.6. The quantitative estimate of drug-likeness (QED) is 0.447. The highest BCUT2D eigenvalue weighted by Gasteiger charge is 2.46. The van der Waals surface area contributed by atoms with Gasteiger partial charge in [-0.3, -0.25) is 14.5 Å². The van der Waals surface area contributed by atoms with Gasteiger partial charge in [0.05, 0.1) is 34.7 Å². The molecule has 3 aromatic rings. The fourth-order valence-corrected chi connectivity index (χ4v) is 5.95. The van der Waals surface area contributed by atoms with Crippen LogP contribution in [0.5, 0.6) is 5.75 Å². The molecule has 194 valence electrons. The molecule has 2 aromatic heterocycles. The number of aliphatic hydroxyl groups excluding tert-OH is 1. The summed E-state index contributed by atoms with van der Waals surface area (Å²) in [7, 11) is -3.26. The van der Waals surface area contributed by atoms with Gasteiger partial charge in [-0.2, -0.15) is 27.1 Å². The molecule has 4 rings (SSSR count). The van der Waals surface area contributed by atoms with E-state index >= 15 is 0 Å². The van der Waals surface area contributed by atoms with Crippen LogP contribution in [0.25, 0.3) is 22.3 Å². The van der Waals surface area contributed by atoms with Crippen molar-refractivity contribution in [1.82, 2.24) is 20.1 Å². The molecule has 0 saturated carbocycles. The number of alkyl halides is 5. The van der Waals surface area contributed by atoms with Crippen LogP contribution in [-0.2, 0) is 16.4 Å². The number of rotatable bonds is 7. The molecule has 9 nitrogen and oxygen atoms in total. The minimum absolute atomic E-state index is 0.00287. The van der Waals surface area contributed by atoms with Crippen LogP contribution in [0.2, 0.25) is 0 Å². The van der Waals surface area contributed by atoms with E-state index < -0.39 is 46.7 Å². The van der Waals surface area contributed by atoms with Crippen molar-refractivity contribution in [3.8, 4) is 17.0 Å². The Labute approximate surface area is 200 Å². The van der Waals surface area contributed by atoms with Crippen molar-refractivity contribution in [2.75, 3.05) is 11.5 Å². The van der Waals surface area contributed by atoms with Crippen LogP contribution >= 0.6 is 0 Å². The summed E-state index contributed by atoms with van der Waals surface area (Å²) in [5.41, 5.74) is -0.913. The average molecular weight is 534 g/mol. The van der Waals surface area contributed by atoms with Gasteiger partial charge in [-0.25, -0.2) is 8.42 Å². The Morgan fingerprint density at radius 2 is 1.97 bits per heavy atom. The number of fused-ring (bicyclic) bond motifs is 1. The lowest BCUT2D eigenvalue weighted by Gasteiger charge is -2.38. The number of benzene rings is 1. The summed E-state index contributed by atoms with van der Waals surface area (Å²) in [6, 6.07) is 6.47. The molecule has 1 aromatic carbocycles. The Hall–Kier alpha value is -3.33. The first-order chi connectivity index (χ1) is 16.7. The summed E-state index contributed by atoms with van der Waals surface area (Å²) in [6.45, 7) is -2.60. The van der Waals surface area contributed by atoms with Crippen molar-refractivity contribution in [2.45, 2.75) is 37.9 Å². The third kappa shape index (κ3) is 5.41. The van der Waals surface area contributed by atoms with E-state index in [4.69, 9.17) is 0 Å². The number of nitrogens with one attached hydrogen (secondary N) is 1. The number of ether oxygens (including phenoxy) is 1. The number of aliphatic hydroxyl groups is 1. The Morgan fingerprint density at radius 1 is 1.28 bits per heavy atom. The minimum Gasteiger partial charge on any atom is -0.435 e. The fourth-order valence-electron chi connectivity index (χ4n) is 3.95. The molecule has 1 unspecified atom stereocenters. The van der Waals surface area contributed by atoms with Gasteiger partial charge in [0.1, 0.15) is 17.0 Å². The summed E-state index contributed by atoms with van der Waals surface area (Å²) in [5, 5.41) is 16.3. The van der Waals surface area contributed by atoms with Crippen LogP contribution in [-0.4, -0.2) is 70.1 Å². The van der Waals surface area contributed by atoms with Crippen LogP contribution in [0.15, 0.2) is 36.5 Å². The summed E-state index contributed by atoms with van der Waals surface area (Å²) < 4.78 is 92.5. The zero-order valence-corrected chi connectivity index (χ0v) is 19.3. The van der Waals surface area contributed by atoms with E-state index in [0.717, 1.165) is 10.9 Å². The second kappa shape index (κ2) is 8.96. The molecule has 0 spiro atoms. The molecule has 2 N–H and O–H groups in total. The van der Waals surface area contributed by atoms with Gasteiger partial charge in [0, 0.05) is 11.8 Å². The zero-order valence-electron chi connectivity index (χ0n) is 18.5. The van der Waals surface area contributed by atoms with Gasteiger partial charge in [0.15, 0.2) is 15.9 Å². The second-order valence-corrected chi connectivity index (χ2v) is 10.7. The van der Waals surface area contributed by atoms with Crippen LogP contribution < -0.4 is 10.1 Å². The highest BCUT2D eigenvalue weighted by Crippen LogP contribution is 2.31. The summed E-state index contributed by atoms with van der Waals surface area (Å²) in [6.07, 6.45) is -6.63. The first-order valence-corrected chi connectivity index (χ1v) is 12.2. The van der Waals surface area contributed by atoms with E-state index in [0.29, 0.717) is 0 Å². The summed E-state index contributed by atoms with van der Waals surface area (Å²) in [4.78, 5) is 16.9.